The Morgan fingerprint density at radius 3 is 2.62 bits per heavy atom. The lowest BCUT2D eigenvalue weighted by atomic mass is 9.96. The number of piperidine rings is 1. The van der Waals surface area contributed by atoms with Gasteiger partial charge >= 0.3 is 0 Å². The van der Waals surface area contributed by atoms with Gasteiger partial charge in [0.1, 0.15) is 11.5 Å². The highest BCUT2D eigenvalue weighted by Crippen LogP contribution is 2.32. The largest absolute Gasteiger partial charge is 0.459 e. The summed E-state index contributed by atoms with van der Waals surface area (Å²) in [6.07, 6.45) is 3.76. The minimum atomic E-state index is -0.116. The molecule has 0 spiro atoms. The van der Waals surface area contributed by atoms with Crippen LogP contribution in [0.1, 0.15) is 31.4 Å². The van der Waals surface area contributed by atoms with Crippen LogP contribution in [0.25, 0.3) is 11.3 Å². The van der Waals surface area contributed by atoms with E-state index in [9.17, 15) is 9.59 Å². The zero-order valence-electron chi connectivity index (χ0n) is 14.8. The molecule has 0 bridgehead atoms. The Hall–Kier alpha value is -2.56. The third-order valence-corrected chi connectivity index (χ3v) is 5.19. The first kappa shape index (κ1) is 16.9. The molecule has 1 aliphatic heterocycles. The molecule has 1 N–H and O–H groups in total. The summed E-state index contributed by atoms with van der Waals surface area (Å²) in [6.45, 7) is 1.71. The number of benzene rings is 1. The summed E-state index contributed by atoms with van der Waals surface area (Å²) in [7, 11) is 0. The maximum atomic E-state index is 12.5. The zero-order chi connectivity index (χ0) is 17.9. The highest BCUT2D eigenvalue weighted by Gasteiger charge is 2.36. The van der Waals surface area contributed by atoms with Crippen LogP contribution < -0.4 is 5.32 Å². The molecule has 1 aliphatic carbocycles. The third-order valence-electron chi connectivity index (χ3n) is 5.19. The van der Waals surface area contributed by atoms with Crippen LogP contribution in [0.5, 0.6) is 0 Å². The van der Waals surface area contributed by atoms with Crippen molar-refractivity contribution >= 4 is 11.8 Å². The van der Waals surface area contributed by atoms with Crippen LogP contribution in [-0.4, -0.2) is 29.8 Å². The number of carbonyl (C=O) groups is 2. The molecule has 1 atom stereocenters. The molecule has 2 aromatic rings. The van der Waals surface area contributed by atoms with Crippen LogP contribution in [0.15, 0.2) is 46.9 Å². The molecule has 2 heterocycles. The van der Waals surface area contributed by atoms with Gasteiger partial charge in [0.15, 0.2) is 0 Å². The lowest BCUT2D eigenvalue weighted by Crippen LogP contribution is -2.45. The Bertz CT molecular complexity index is 780. The molecule has 4 rings (SSSR count). The van der Waals surface area contributed by atoms with E-state index in [0.717, 1.165) is 49.3 Å². The second kappa shape index (κ2) is 7.36. The second-order valence-electron chi connectivity index (χ2n) is 7.25. The minimum Gasteiger partial charge on any atom is -0.459 e. The first-order chi connectivity index (χ1) is 12.7. The summed E-state index contributed by atoms with van der Waals surface area (Å²) in [6, 6.07) is 13.7. The molecule has 1 aromatic carbocycles. The second-order valence-corrected chi connectivity index (χ2v) is 7.25. The molecule has 5 nitrogen and oxygen atoms in total. The van der Waals surface area contributed by atoms with E-state index in [1.54, 1.807) is 0 Å². The molecule has 26 heavy (non-hydrogen) atoms. The van der Waals surface area contributed by atoms with E-state index in [2.05, 4.69) is 5.32 Å². The van der Waals surface area contributed by atoms with Gasteiger partial charge in [0.2, 0.25) is 11.8 Å². The van der Waals surface area contributed by atoms with E-state index in [1.807, 2.05) is 47.4 Å². The fourth-order valence-electron chi connectivity index (χ4n) is 3.53. The first-order valence-electron chi connectivity index (χ1n) is 9.41. The van der Waals surface area contributed by atoms with Crippen LogP contribution >= 0.6 is 0 Å². The van der Waals surface area contributed by atoms with Crippen LogP contribution in [0.4, 0.5) is 0 Å². The van der Waals surface area contributed by atoms with Gasteiger partial charge < -0.3 is 14.6 Å². The summed E-state index contributed by atoms with van der Waals surface area (Å²) in [5, 5.41) is 2.97. The number of hydrogen-bond acceptors (Lipinski definition) is 3. The molecule has 1 saturated carbocycles. The molecule has 136 valence electrons. The molecule has 2 fully saturated rings. The number of amides is 2. The lowest BCUT2D eigenvalue weighted by Gasteiger charge is -2.32. The van der Waals surface area contributed by atoms with E-state index in [4.69, 9.17) is 4.42 Å². The minimum absolute atomic E-state index is 0.0101. The number of hydrogen-bond donors (Lipinski definition) is 1. The summed E-state index contributed by atoms with van der Waals surface area (Å²) in [5.74, 6) is 1.89. The van der Waals surface area contributed by atoms with E-state index < -0.39 is 0 Å². The number of rotatable bonds is 5. The van der Waals surface area contributed by atoms with Gasteiger partial charge in [-0.1, -0.05) is 30.3 Å². The Balaban J connectivity index is 1.31. The standard InChI is InChI=1S/C21H24N2O3/c24-20(17-7-4-12-23(14-17)21(25)16-8-9-16)22-13-18-10-11-19(26-18)15-5-2-1-3-6-15/h1-3,5-6,10-11,16-17H,4,7-9,12-14H2,(H,22,24)/t17-/m1/s1. The molecule has 1 aromatic heterocycles. The van der Waals surface area contributed by atoms with Crippen LogP contribution in [0.3, 0.4) is 0 Å². The predicted octanol–water partition coefficient (Wildman–Crippen LogP) is 3.21. The Labute approximate surface area is 153 Å². The van der Waals surface area contributed by atoms with Crippen molar-refractivity contribution in [2.45, 2.75) is 32.2 Å². The number of nitrogens with zero attached hydrogens (tertiary/aromatic N) is 1. The topological polar surface area (TPSA) is 62.6 Å². The molecule has 1 saturated heterocycles. The van der Waals surface area contributed by atoms with Gasteiger partial charge in [0.05, 0.1) is 12.5 Å². The number of nitrogens with one attached hydrogen (secondary N) is 1. The summed E-state index contributed by atoms with van der Waals surface area (Å²) in [5.41, 5.74) is 1.02. The SMILES string of the molecule is O=C(NCc1ccc(-c2ccccc2)o1)[C@@H]1CCCN(C(=O)C2CC2)C1. The van der Waals surface area contributed by atoms with Crippen molar-refractivity contribution in [3.05, 3.63) is 48.2 Å². The zero-order valence-corrected chi connectivity index (χ0v) is 14.8. The molecule has 2 aliphatic rings. The van der Waals surface area contributed by atoms with E-state index in [-0.39, 0.29) is 23.7 Å². The monoisotopic (exact) mass is 352 g/mol. The maximum Gasteiger partial charge on any atom is 0.225 e. The molecule has 0 radical (unpaired) electrons. The van der Waals surface area contributed by atoms with Crippen molar-refractivity contribution in [2.75, 3.05) is 13.1 Å². The Morgan fingerprint density at radius 2 is 1.85 bits per heavy atom. The van der Waals surface area contributed by atoms with Gasteiger partial charge in [-0.3, -0.25) is 9.59 Å². The van der Waals surface area contributed by atoms with Crippen LogP contribution in [-0.2, 0) is 16.1 Å². The quantitative estimate of drug-likeness (QED) is 0.899. The van der Waals surface area contributed by atoms with Crippen molar-refractivity contribution in [3.63, 3.8) is 0 Å². The molecule has 2 amide bonds. The van der Waals surface area contributed by atoms with Gasteiger partial charge in [0, 0.05) is 24.6 Å². The summed E-state index contributed by atoms with van der Waals surface area (Å²) >= 11 is 0. The summed E-state index contributed by atoms with van der Waals surface area (Å²) < 4.78 is 5.83. The van der Waals surface area contributed by atoms with E-state index in [1.165, 1.54) is 0 Å². The van der Waals surface area contributed by atoms with Crippen molar-refractivity contribution < 1.29 is 14.0 Å². The molecular formula is C21H24N2O3. The fraction of sp³-hybridized carbons (Fsp3) is 0.429. The van der Waals surface area contributed by atoms with Gasteiger partial charge in [0.25, 0.3) is 0 Å². The number of carbonyl (C=O) groups excluding carboxylic acids is 2. The maximum absolute atomic E-state index is 12.5. The van der Waals surface area contributed by atoms with Gasteiger partial charge in [-0.15, -0.1) is 0 Å². The van der Waals surface area contributed by atoms with Gasteiger partial charge in [-0.05, 0) is 37.8 Å². The lowest BCUT2D eigenvalue weighted by molar-refractivity contribution is -0.136. The molecular weight excluding hydrogens is 328 g/mol. The predicted molar refractivity (Wildman–Crippen MR) is 98.0 cm³/mol. The van der Waals surface area contributed by atoms with Gasteiger partial charge in [-0.2, -0.15) is 0 Å². The van der Waals surface area contributed by atoms with E-state index >= 15 is 0 Å². The average Bonchev–Trinajstić information content (AvgIpc) is 3.44. The van der Waals surface area contributed by atoms with Crippen molar-refractivity contribution in [1.82, 2.24) is 10.2 Å². The average molecular weight is 352 g/mol. The van der Waals surface area contributed by atoms with E-state index in [0.29, 0.717) is 13.1 Å². The van der Waals surface area contributed by atoms with Crippen molar-refractivity contribution in [2.24, 2.45) is 11.8 Å². The number of furan rings is 1. The first-order valence-corrected chi connectivity index (χ1v) is 9.41. The highest BCUT2D eigenvalue weighted by atomic mass is 16.3. The van der Waals surface area contributed by atoms with Crippen molar-refractivity contribution in [3.8, 4) is 11.3 Å². The highest BCUT2D eigenvalue weighted by molar-refractivity contribution is 5.83. The fourth-order valence-corrected chi connectivity index (χ4v) is 3.53. The summed E-state index contributed by atoms with van der Waals surface area (Å²) in [4.78, 5) is 26.6. The van der Waals surface area contributed by atoms with Gasteiger partial charge in [-0.25, -0.2) is 0 Å². The molecule has 0 unspecified atom stereocenters. The smallest absolute Gasteiger partial charge is 0.225 e. The Morgan fingerprint density at radius 1 is 1.04 bits per heavy atom. The van der Waals surface area contributed by atoms with Crippen molar-refractivity contribution in [1.29, 1.82) is 0 Å². The molecule has 5 heteroatoms. The van der Waals surface area contributed by atoms with Crippen LogP contribution in [0, 0.1) is 11.8 Å². The third kappa shape index (κ3) is 3.82. The Kier molecular flexibility index (Phi) is 4.78. The number of likely N-dealkylation sites (tertiary alicyclic amines) is 1. The normalized spacial score (nSPS) is 20.0. The van der Waals surface area contributed by atoms with Crippen LogP contribution in [0.2, 0.25) is 0 Å².